The van der Waals surface area contributed by atoms with Crippen molar-refractivity contribution in [2.75, 3.05) is 44.4 Å². The van der Waals surface area contributed by atoms with Gasteiger partial charge in [0, 0.05) is 44.4 Å². The van der Waals surface area contributed by atoms with Crippen molar-refractivity contribution in [3.8, 4) is 5.75 Å². The van der Waals surface area contributed by atoms with Gasteiger partial charge >= 0.3 is 0 Å². The number of pyridine rings is 1. The first-order valence-electron chi connectivity index (χ1n) is 13.2. The average Bonchev–Trinajstić information content (AvgIpc) is 3.55. The van der Waals surface area contributed by atoms with E-state index in [9.17, 15) is 14.4 Å². The van der Waals surface area contributed by atoms with E-state index in [0.29, 0.717) is 36.1 Å². The lowest BCUT2D eigenvalue weighted by molar-refractivity contribution is -0.129. The van der Waals surface area contributed by atoms with Crippen molar-refractivity contribution in [1.82, 2.24) is 19.9 Å². The molecule has 11 heteroatoms. The number of anilines is 2. The van der Waals surface area contributed by atoms with Crippen molar-refractivity contribution in [2.45, 2.75) is 45.1 Å². The number of nitrogens with zero attached hydrogens (tertiary/aromatic N) is 4. The summed E-state index contributed by atoms with van der Waals surface area (Å²) in [6.07, 6.45) is 2.47. The van der Waals surface area contributed by atoms with Gasteiger partial charge in [0.1, 0.15) is 23.3 Å². The fourth-order valence-corrected chi connectivity index (χ4v) is 4.11. The van der Waals surface area contributed by atoms with Gasteiger partial charge in [-0.15, -0.1) is 0 Å². The summed E-state index contributed by atoms with van der Waals surface area (Å²) in [7, 11) is 3.49. The minimum Gasteiger partial charge on any atom is -0.487 e. The van der Waals surface area contributed by atoms with E-state index >= 15 is 0 Å². The van der Waals surface area contributed by atoms with E-state index in [1.807, 2.05) is 20.8 Å². The molecule has 212 valence electrons. The monoisotopic (exact) mass is 548 g/mol. The van der Waals surface area contributed by atoms with Crippen LogP contribution in [-0.4, -0.2) is 77.5 Å². The van der Waals surface area contributed by atoms with Gasteiger partial charge in [0.15, 0.2) is 5.82 Å². The zero-order chi connectivity index (χ0) is 28.9. The van der Waals surface area contributed by atoms with E-state index in [4.69, 9.17) is 9.26 Å². The maximum absolute atomic E-state index is 12.7. The maximum atomic E-state index is 12.7. The Morgan fingerprint density at radius 2 is 1.85 bits per heavy atom. The molecule has 0 bridgehead atoms. The summed E-state index contributed by atoms with van der Waals surface area (Å²) >= 11 is 0. The molecule has 0 spiro atoms. The van der Waals surface area contributed by atoms with Crippen molar-refractivity contribution in [3.63, 3.8) is 0 Å². The summed E-state index contributed by atoms with van der Waals surface area (Å²) in [5.41, 5.74) is 1.42. The fraction of sp³-hybridized carbons (Fsp3) is 0.414. The Kier molecular flexibility index (Phi) is 8.83. The Balaban J connectivity index is 1.23. The highest BCUT2D eigenvalue weighted by molar-refractivity contribution is 6.02. The Morgan fingerprint density at radius 3 is 2.48 bits per heavy atom. The first-order chi connectivity index (χ1) is 19.0. The first kappa shape index (κ1) is 28.8. The van der Waals surface area contributed by atoms with Crippen molar-refractivity contribution in [3.05, 3.63) is 65.7 Å². The minimum atomic E-state index is -0.355. The second-order valence-electron chi connectivity index (χ2n) is 11.1. The highest BCUT2D eigenvalue weighted by atomic mass is 16.5. The Labute approximate surface area is 233 Å². The fourth-order valence-electron chi connectivity index (χ4n) is 4.11. The van der Waals surface area contributed by atoms with E-state index in [2.05, 4.69) is 25.7 Å². The van der Waals surface area contributed by atoms with Crippen LogP contribution in [0.1, 0.15) is 49.0 Å². The molecule has 1 fully saturated rings. The molecule has 3 heterocycles. The van der Waals surface area contributed by atoms with Crippen molar-refractivity contribution >= 4 is 29.2 Å². The van der Waals surface area contributed by atoms with Crippen LogP contribution in [-0.2, 0) is 21.4 Å². The van der Waals surface area contributed by atoms with Gasteiger partial charge in [-0.3, -0.25) is 19.3 Å². The maximum Gasteiger partial charge on any atom is 0.274 e. The molecular formula is C29H36N6O5. The molecule has 1 atom stereocenters. The number of hydrogen-bond acceptors (Lipinski definition) is 8. The van der Waals surface area contributed by atoms with Crippen LogP contribution in [0.5, 0.6) is 5.75 Å². The van der Waals surface area contributed by atoms with E-state index in [0.717, 1.165) is 18.5 Å². The van der Waals surface area contributed by atoms with Crippen molar-refractivity contribution in [1.29, 1.82) is 0 Å². The predicted molar refractivity (Wildman–Crippen MR) is 150 cm³/mol. The van der Waals surface area contributed by atoms with Crippen LogP contribution in [0, 0.1) is 0 Å². The van der Waals surface area contributed by atoms with Gasteiger partial charge in [0.2, 0.25) is 11.8 Å². The smallest absolute Gasteiger partial charge is 0.274 e. The average molecular weight is 549 g/mol. The van der Waals surface area contributed by atoms with Crippen LogP contribution in [0.15, 0.2) is 53.2 Å². The third-order valence-corrected chi connectivity index (χ3v) is 6.45. The minimum absolute atomic E-state index is 0.0334. The number of likely N-dealkylation sites (tertiary alicyclic amines) is 1. The molecule has 11 nitrogen and oxygen atoms in total. The summed E-state index contributed by atoms with van der Waals surface area (Å²) in [6.45, 7) is 7.84. The number of hydrogen-bond donors (Lipinski definition) is 2. The zero-order valence-corrected chi connectivity index (χ0v) is 23.6. The lowest BCUT2D eigenvalue weighted by Crippen LogP contribution is -2.36. The van der Waals surface area contributed by atoms with Gasteiger partial charge in [0.25, 0.3) is 5.91 Å². The highest BCUT2D eigenvalue weighted by Gasteiger charge is 2.26. The van der Waals surface area contributed by atoms with Crippen LogP contribution < -0.4 is 15.4 Å². The number of rotatable bonds is 9. The standard InChI is InChI=1S/C29H36N6O5/c1-29(2,3)24-15-25(33-40-24)32-26(36)14-19-6-8-20(9-7-19)31-28(38)23-11-10-21(16-30-23)39-22-12-13-35(17-22)18-27(37)34(4)5/h6-11,15-16,22H,12-14,17-18H2,1-5H3,(H,31,38)(H,32,33,36). The number of amides is 3. The summed E-state index contributed by atoms with van der Waals surface area (Å²) in [5.74, 6) is 1.14. The quantitative estimate of drug-likeness (QED) is 0.417. The highest BCUT2D eigenvalue weighted by Crippen LogP contribution is 2.24. The van der Waals surface area contributed by atoms with Crippen LogP contribution in [0.2, 0.25) is 0 Å². The Bertz CT molecular complexity index is 1330. The van der Waals surface area contributed by atoms with E-state index in [-0.39, 0.29) is 41.4 Å². The van der Waals surface area contributed by atoms with Gasteiger partial charge in [-0.25, -0.2) is 4.98 Å². The number of carbonyl (C=O) groups excluding carboxylic acids is 3. The molecule has 3 amide bonds. The second-order valence-corrected chi connectivity index (χ2v) is 11.1. The summed E-state index contributed by atoms with van der Waals surface area (Å²) < 4.78 is 11.3. The van der Waals surface area contributed by atoms with Crippen LogP contribution >= 0.6 is 0 Å². The normalized spacial score (nSPS) is 15.5. The molecule has 1 aromatic carbocycles. The van der Waals surface area contributed by atoms with E-state index in [1.165, 1.54) is 6.20 Å². The van der Waals surface area contributed by atoms with Gasteiger partial charge in [-0.2, -0.15) is 0 Å². The molecular weight excluding hydrogens is 512 g/mol. The van der Waals surface area contributed by atoms with Crippen LogP contribution in [0.25, 0.3) is 0 Å². The molecule has 1 aliphatic rings. The summed E-state index contributed by atoms with van der Waals surface area (Å²) in [6, 6.07) is 12.1. The molecule has 0 aliphatic carbocycles. The van der Waals surface area contributed by atoms with Crippen molar-refractivity contribution < 1.29 is 23.6 Å². The number of likely N-dealkylation sites (N-methyl/N-ethyl adjacent to an activating group) is 1. The van der Waals surface area contributed by atoms with Gasteiger partial charge in [0.05, 0.1) is 19.2 Å². The SMILES string of the molecule is CN(C)C(=O)CN1CCC(Oc2ccc(C(=O)Nc3ccc(CC(=O)Nc4cc(C(C)(C)C)on4)cc3)nc2)C1. The topological polar surface area (TPSA) is 130 Å². The number of carbonyl (C=O) groups is 3. The molecule has 0 radical (unpaired) electrons. The lowest BCUT2D eigenvalue weighted by Gasteiger charge is -2.18. The molecule has 2 N–H and O–H groups in total. The summed E-state index contributed by atoms with van der Waals surface area (Å²) in [5, 5.41) is 9.46. The van der Waals surface area contributed by atoms with E-state index in [1.54, 1.807) is 61.5 Å². The van der Waals surface area contributed by atoms with Crippen LogP contribution in [0.3, 0.4) is 0 Å². The number of ether oxygens (including phenoxy) is 1. The zero-order valence-electron chi connectivity index (χ0n) is 23.6. The lowest BCUT2D eigenvalue weighted by atomic mass is 9.93. The predicted octanol–water partition coefficient (Wildman–Crippen LogP) is 3.34. The Morgan fingerprint density at radius 1 is 1.10 bits per heavy atom. The van der Waals surface area contributed by atoms with E-state index < -0.39 is 0 Å². The largest absolute Gasteiger partial charge is 0.487 e. The molecule has 4 rings (SSSR count). The first-order valence-corrected chi connectivity index (χ1v) is 13.2. The third-order valence-electron chi connectivity index (χ3n) is 6.45. The Hall–Kier alpha value is -4.25. The molecule has 2 aromatic heterocycles. The molecule has 1 saturated heterocycles. The molecule has 40 heavy (non-hydrogen) atoms. The molecule has 1 unspecified atom stereocenters. The van der Waals surface area contributed by atoms with Crippen LogP contribution in [0.4, 0.5) is 11.5 Å². The number of aromatic nitrogens is 2. The number of benzene rings is 1. The van der Waals surface area contributed by atoms with Crippen molar-refractivity contribution in [2.24, 2.45) is 0 Å². The second kappa shape index (κ2) is 12.3. The summed E-state index contributed by atoms with van der Waals surface area (Å²) in [4.78, 5) is 44.9. The molecule has 3 aromatic rings. The van der Waals surface area contributed by atoms with Gasteiger partial charge in [-0.1, -0.05) is 38.1 Å². The molecule has 0 saturated carbocycles. The van der Waals surface area contributed by atoms with Gasteiger partial charge in [-0.05, 0) is 36.2 Å². The third kappa shape index (κ3) is 7.89. The number of nitrogens with one attached hydrogen (secondary N) is 2. The van der Waals surface area contributed by atoms with Gasteiger partial charge < -0.3 is 24.8 Å². The molecule has 1 aliphatic heterocycles.